The van der Waals surface area contributed by atoms with Crippen molar-refractivity contribution in [1.82, 2.24) is 4.90 Å². The number of aliphatic hydroxyl groups excluding tert-OH is 1. The first kappa shape index (κ1) is 30.1. The van der Waals surface area contributed by atoms with Gasteiger partial charge in [-0.1, -0.05) is 71.3 Å². The molecule has 1 unspecified atom stereocenters. The lowest BCUT2D eigenvalue weighted by Crippen LogP contribution is -2.29. The predicted octanol–water partition coefficient (Wildman–Crippen LogP) is 7.05. The Balaban J connectivity index is 3.64. The Morgan fingerprint density at radius 1 is 0.871 bits per heavy atom. The molecule has 0 rings (SSSR count). The lowest BCUT2D eigenvalue weighted by molar-refractivity contribution is -0.107. The van der Waals surface area contributed by atoms with Crippen LogP contribution in [0.3, 0.4) is 0 Å². The Bertz CT molecular complexity index is 400. The summed E-state index contributed by atoms with van der Waals surface area (Å²) in [6, 6.07) is 0. The molecule has 0 aromatic heterocycles. The van der Waals surface area contributed by atoms with E-state index >= 15 is 0 Å². The minimum absolute atomic E-state index is 0.247. The minimum Gasteiger partial charge on any atom is -0.496 e. The summed E-state index contributed by atoms with van der Waals surface area (Å²) in [5, 5.41) is 9.31. The van der Waals surface area contributed by atoms with Crippen LogP contribution in [-0.2, 0) is 9.53 Å². The highest BCUT2D eigenvalue weighted by molar-refractivity contribution is 5.48. The van der Waals surface area contributed by atoms with Crippen LogP contribution < -0.4 is 0 Å². The lowest BCUT2D eigenvalue weighted by atomic mass is 10.1. The van der Waals surface area contributed by atoms with Crippen molar-refractivity contribution in [2.75, 3.05) is 26.2 Å². The molecule has 1 atom stereocenters. The van der Waals surface area contributed by atoms with Crippen LogP contribution in [0.1, 0.15) is 123 Å². The molecule has 4 nitrogen and oxygen atoms in total. The number of carbonyl (C=O) groups is 1. The van der Waals surface area contributed by atoms with Gasteiger partial charge in [0.15, 0.2) is 0 Å². The monoisotopic (exact) mass is 439 g/mol. The molecule has 0 aliphatic rings. The minimum atomic E-state index is 0.247. The smallest absolute Gasteiger partial charge is 0.119 e. The van der Waals surface area contributed by atoms with Crippen molar-refractivity contribution in [1.29, 1.82) is 0 Å². The number of aliphatic hydroxyl groups is 1. The summed E-state index contributed by atoms with van der Waals surface area (Å²) in [4.78, 5) is 12.7. The maximum Gasteiger partial charge on any atom is 0.119 e. The molecule has 0 spiro atoms. The fourth-order valence-electron chi connectivity index (χ4n) is 4.02. The van der Waals surface area contributed by atoms with E-state index in [2.05, 4.69) is 25.3 Å². The Morgan fingerprint density at radius 3 is 2.10 bits per heavy atom. The number of carbonyl (C=O) groups excluding carboxylic acids is 1. The van der Waals surface area contributed by atoms with Crippen LogP contribution in [0.4, 0.5) is 0 Å². The number of aldehydes is 1. The molecule has 4 heteroatoms. The van der Waals surface area contributed by atoms with Crippen LogP contribution in [0, 0.1) is 0 Å². The van der Waals surface area contributed by atoms with Crippen molar-refractivity contribution in [3.05, 3.63) is 12.3 Å². The van der Waals surface area contributed by atoms with Gasteiger partial charge in [0.2, 0.25) is 0 Å². The van der Waals surface area contributed by atoms with Crippen LogP contribution in [0.15, 0.2) is 12.3 Å². The summed E-state index contributed by atoms with van der Waals surface area (Å²) in [6.07, 6.45) is 21.3. The van der Waals surface area contributed by atoms with Gasteiger partial charge in [0.25, 0.3) is 0 Å². The number of hydrogen-bond acceptors (Lipinski definition) is 4. The normalized spacial score (nSPS) is 12.3. The second-order valence-corrected chi connectivity index (χ2v) is 9.12. The van der Waals surface area contributed by atoms with E-state index in [1.54, 1.807) is 0 Å². The third kappa shape index (κ3) is 22.1. The van der Waals surface area contributed by atoms with Crippen LogP contribution >= 0.6 is 0 Å². The first-order valence-corrected chi connectivity index (χ1v) is 13.2. The number of unbranched alkanes of at least 4 members (excludes halogenated alkanes) is 12. The summed E-state index contributed by atoms with van der Waals surface area (Å²) in [7, 11) is 0. The van der Waals surface area contributed by atoms with Gasteiger partial charge in [-0.25, -0.2) is 0 Å². The Kier molecular flexibility index (Phi) is 23.1. The highest BCUT2D eigenvalue weighted by atomic mass is 16.5. The predicted molar refractivity (Wildman–Crippen MR) is 133 cm³/mol. The van der Waals surface area contributed by atoms with Gasteiger partial charge in [0.1, 0.15) is 6.29 Å². The fourth-order valence-corrected chi connectivity index (χ4v) is 4.02. The Morgan fingerprint density at radius 2 is 1.45 bits per heavy atom. The number of allylic oxidation sites excluding steroid dienone is 1. The van der Waals surface area contributed by atoms with Crippen molar-refractivity contribution in [2.24, 2.45) is 0 Å². The van der Waals surface area contributed by atoms with E-state index in [1.165, 1.54) is 77.0 Å². The first-order valence-electron chi connectivity index (χ1n) is 13.2. The number of ether oxygens (including phenoxy) is 1. The van der Waals surface area contributed by atoms with Gasteiger partial charge in [-0.05, 0) is 58.5 Å². The molecule has 0 aromatic carbocycles. The van der Waals surface area contributed by atoms with Gasteiger partial charge in [-0.3, -0.25) is 0 Å². The Hall–Kier alpha value is -0.870. The van der Waals surface area contributed by atoms with E-state index in [4.69, 9.17) is 4.74 Å². The van der Waals surface area contributed by atoms with Gasteiger partial charge in [0.05, 0.1) is 18.5 Å². The third-order valence-electron chi connectivity index (χ3n) is 5.97. The molecule has 0 heterocycles. The molecule has 0 aliphatic heterocycles. The second kappa shape index (κ2) is 23.8. The molecule has 31 heavy (non-hydrogen) atoms. The third-order valence-corrected chi connectivity index (χ3v) is 5.97. The van der Waals surface area contributed by atoms with E-state index in [1.807, 2.05) is 0 Å². The molecule has 0 aliphatic carbocycles. The average molecular weight is 440 g/mol. The molecule has 0 fully saturated rings. The number of nitrogens with zero attached hydrogens (tertiary/aromatic N) is 1. The van der Waals surface area contributed by atoms with E-state index in [-0.39, 0.29) is 12.7 Å². The second-order valence-electron chi connectivity index (χ2n) is 9.12. The van der Waals surface area contributed by atoms with Crippen LogP contribution in [-0.4, -0.2) is 48.6 Å². The van der Waals surface area contributed by atoms with E-state index < -0.39 is 0 Å². The molecular weight excluding hydrogens is 386 g/mol. The van der Waals surface area contributed by atoms with Crippen LogP contribution in [0.5, 0.6) is 0 Å². The Labute approximate surface area is 193 Å². The van der Waals surface area contributed by atoms with Crippen LogP contribution in [0.2, 0.25) is 0 Å². The highest BCUT2D eigenvalue weighted by Crippen LogP contribution is 2.16. The zero-order valence-electron chi connectivity index (χ0n) is 20.9. The van der Waals surface area contributed by atoms with Crippen LogP contribution in [0.25, 0.3) is 0 Å². The van der Waals surface area contributed by atoms with Crippen molar-refractivity contribution >= 4 is 6.29 Å². The maximum atomic E-state index is 10.3. The van der Waals surface area contributed by atoms with Crippen molar-refractivity contribution in [2.45, 2.75) is 129 Å². The molecule has 0 saturated heterocycles. The molecule has 0 amide bonds. The van der Waals surface area contributed by atoms with Crippen molar-refractivity contribution in [3.8, 4) is 0 Å². The largest absolute Gasteiger partial charge is 0.496 e. The molecule has 184 valence electrons. The first-order chi connectivity index (χ1) is 15.1. The highest BCUT2D eigenvalue weighted by Gasteiger charge is 2.06. The SMILES string of the molecule is C=C(CCCCCCC)OC(C)CCCCCCN(CCO)CCCCCCCC=O. The summed E-state index contributed by atoms with van der Waals surface area (Å²) in [5.41, 5.74) is 0. The lowest BCUT2D eigenvalue weighted by Gasteiger charge is -2.21. The maximum absolute atomic E-state index is 10.3. The number of hydrogen-bond donors (Lipinski definition) is 1. The molecule has 1 N–H and O–H groups in total. The van der Waals surface area contributed by atoms with Crippen molar-refractivity contribution < 1.29 is 14.6 Å². The molecule has 0 saturated carbocycles. The summed E-state index contributed by atoms with van der Waals surface area (Å²) < 4.78 is 5.97. The topological polar surface area (TPSA) is 49.8 Å². The van der Waals surface area contributed by atoms with Crippen molar-refractivity contribution in [3.63, 3.8) is 0 Å². The molecular formula is C27H53NO3. The fraction of sp³-hybridized carbons (Fsp3) is 0.889. The molecule has 0 radical (unpaired) electrons. The zero-order valence-corrected chi connectivity index (χ0v) is 20.9. The van der Waals surface area contributed by atoms with Gasteiger partial charge >= 0.3 is 0 Å². The summed E-state index contributed by atoms with van der Waals surface area (Å²) in [6.45, 7) is 11.7. The molecule has 0 bridgehead atoms. The van der Waals surface area contributed by atoms with Gasteiger partial charge < -0.3 is 19.5 Å². The van der Waals surface area contributed by atoms with E-state index in [0.717, 1.165) is 57.4 Å². The van der Waals surface area contributed by atoms with Gasteiger partial charge in [-0.15, -0.1) is 0 Å². The molecule has 0 aromatic rings. The van der Waals surface area contributed by atoms with Gasteiger partial charge in [-0.2, -0.15) is 0 Å². The van der Waals surface area contributed by atoms with E-state index in [9.17, 15) is 9.90 Å². The van der Waals surface area contributed by atoms with E-state index in [0.29, 0.717) is 6.42 Å². The summed E-state index contributed by atoms with van der Waals surface area (Å²) in [5.74, 6) is 0.965. The quantitative estimate of drug-likeness (QED) is 0.0940. The number of rotatable bonds is 25. The van der Waals surface area contributed by atoms with Gasteiger partial charge in [0, 0.05) is 19.4 Å². The zero-order chi connectivity index (χ0) is 23.0. The standard InChI is InChI=1S/C27H53NO3/c1-4-5-6-9-14-19-26(2)31-27(3)20-15-10-12-17-22-28(23-25-30)21-16-11-7-8-13-18-24-29/h24,27,30H,2,4-23,25H2,1,3H3. The average Bonchev–Trinajstić information content (AvgIpc) is 2.75. The summed E-state index contributed by atoms with van der Waals surface area (Å²) >= 11 is 0.